The fourth-order valence-corrected chi connectivity index (χ4v) is 16.5. The maximum absolute atomic E-state index is 2.64. The molecular formula is C93H84N2. The first kappa shape index (κ1) is 60.0. The highest BCUT2D eigenvalue weighted by molar-refractivity contribution is 6.14. The van der Waals surface area contributed by atoms with E-state index in [-0.39, 0.29) is 5.41 Å². The monoisotopic (exact) mass is 1230 g/mol. The number of benzene rings is 13. The lowest BCUT2D eigenvalue weighted by Crippen LogP contribution is -2.25. The van der Waals surface area contributed by atoms with Crippen molar-refractivity contribution in [2.45, 2.75) is 123 Å². The Balaban J connectivity index is 0.718. The van der Waals surface area contributed by atoms with Crippen molar-refractivity contribution >= 4 is 65.2 Å². The average molecular weight is 1230 g/mol. The number of fused-ring (bicyclic) bond motifs is 12. The lowest BCUT2D eigenvalue weighted by molar-refractivity contribution is 0.398. The molecule has 16 rings (SSSR count). The van der Waals surface area contributed by atoms with Crippen LogP contribution in [0.1, 0.15) is 126 Å². The van der Waals surface area contributed by atoms with E-state index in [2.05, 4.69) is 304 Å². The Hall–Kier alpha value is -10.0. The number of aromatic nitrogens is 2. The first-order valence-electron chi connectivity index (χ1n) is 35.5. The van der Waals surface area contributed by atoms with Gasteiger partial charge in [-0.1, -0.05) is 278 Å². The van der Waals surface area contributed by atoms with E-state index >= 15 is 0 Å². The fraction of sp³-hybridized carbons (Fsp3) is 0.204. The van der Waals surface area contributed by atoms with Gasteiger partial charge in [-0.15, -0.1) is 0 Å². The van der Waals surface area contributed by atoms with Crippen LogP contribution in [0.25, 0.3) is 143 Å². The molecular weight excluding hydrogens is 1150 g/mol. The molecule has 2 heteroatoms. The third-order valence-corrected chi connectivity index (χ3v) is 21.4. The number of hydrogen-bond donors (Lipinski definition) is 0. The smallest absolute Gasteiger partial charge is 0.0541 e. The summed E-state index contributed by atoms with van der Waals surface area (Å²) >= 11 is 0. The Labute approximate surface area is 561 Å². The van der Waals surface area contributed by atoms with E-state index in [1.54, 1.807) is 11.1 Å². The van der Waals surface area contributed by atoms with Gasteiger partial charge in [0.05, 0.1) is 22.1 Å². The van der Waals surface area contributed by atoms with E-state index in [9.17, 15) is 0 Å². The number of unbranched alkanes of at least 4 members (excludes halogenated alkanes) is 10. The molecule has 1 aliphatic carbocycles. The van der Waals surface area contributed by atoms with Crippen LogP contribution in [0.4, 0.5) is 0 Å². The van der Waals surface area contributed by atoms with Crippen LogP contribution in [-0.4, -0.2) is 9.13 Å². The SMILES string of the molecule is CCCCCCCCC1(CCCCCCCC)c2cc(-c3ccc(-c4ccc(C)cc4)cc3)ccc2-c2ccc(-c3cc(C)cc(-c4ccc5c(ccc6cc(-n7c8ccccc8c8cc(-c9ccc%10c(c9)c9ccccc9n%10-c9ccccc9)ccc87)ccc65)c4)c3)cc21. The van der Waals surface area contributed by atoms with Gasteiger partial charge in [-0.25, -0.2) is 0 Å². The second-order valence-electron chi connectivity index (χ2n) is 27.6. The summed E-state index contributed by atoms with van der Waals surface area (Å²) in [5.41, 5.74) is 28.3. The summed E-state index contributed by atoms with van der Waals surface area (Å²) in [4.78, 5) is 0. The predicted octanol–water partition coefficient (Wildman–Crippen LogP) is 26.9. The Bertz CT molecular complexity index is 5330. The number of para-hydroxylation sites is 3. The third-order valence-electron chi connectivity index (χ3n) is 21.4. The van der Waals surface area contributed by atoms with Gasteiger partial charge < -0.3 is 9.13 Å². The van der Waals surface area contributed by atoms with Crippen LogP contribution in [0.3, 0.4) is 0 Å². The second-order valence-corrected chi connectivity index (χ2v) is 27.6. The topological polar surface area (TPSA) is 9.86 Å². The number of hydrogen-bond acceptors (Lipinski definition) is 0. The molecule has 0 N–H and O–H groups in total. The number of rotatable bonds is 21. The molecule has 95 heavy (non-hydrogen) atoms. The van der Waals surface area contributed by atoms with E-state index in [4.69, 9.17) is 0 Å². The van der Waals surface area contributed by atoms with Gasteiger partial charge in [0, 0.05) is 38.3 Å². The van der Waals surface area contributed by atoms with Crippen molar-refractivity contribution in [2.75, 3.05) is 0 Å². The van der Waals surface area contributed by atoms with Crippen molar-refractivity contribution in [3.05, 3.63) is 289 Å². The number of aryl methyl sites for hydroxylation is 2. The molecule has 13 aromatic carbocycles. The van der Waals surface area contributed by atoms with Gasteiger partial charge in [0.15, 0.2) is 0 Å². The quantitative estimate of drug-likeness (QED) is 0.0501. The molecule has 0 saturated heterocycles. The molecule has 15 aromatic rings. The zero-order chi connectivity index (χ0) is 64.0. The molecule has 0 amide bonds. The van der Waals surface area contributed by atoms with Crippen LogP contribution in [-0.2, 0) is 5.41 Å². The molecule has 2 heterocycles. The normalized spacial score (nSPS) is 12.7. The fourth-order valence-electron chi connectivity index (χ4n) is 16.5. The molecule has 466 valence electrons. The highest BCUT2D eigenvalue weighted by Crippen LogP contribution is 2.56. The van der Waals surface area contributed by atoms with Crippen molar-refractivity contribution in [3.8, 4) is 78.1 Å². The van der Waals surface area contributed by atoms with E-state index < -0.39 is 0 Å². The van der Waals surface area contributed by atoms with Gasteiger partial charge in [-0.05, 0) is 217 Å². The Morgan fingerprint density at radius 1 is 0.253 bits per heavy atom. The standard InChI is InChI=1S/C93H84N2/c1-5-7-9-11-13-22-52-93(53-23-14-12-10-8-6-2)87-61-71(67-36-34-66(35-37-67)65-32-30-63(3)31-33-65)41-47-81(87)82-48-42-72(62-88(82)93)76-55-64(4)54-75(57-76)68-40-46-79-73(56-68)38-39-74-58-78(45-49-80(74)79)95-90-29-21-19-27-84(90)86-60-70(44-51-92(86)95)69-43-50-91-85(59-69)83-26-18-20-28-89(83)94(91)77-24-16-15-17-25-77/h15-21,24-51,54-62H,5-14,22-23,52-53H2,1-4H3. The number of nitrogens with zero attached hydrogens (tertiary/aromatic N) is 2. The van der Waals surface area contributed by atoms with E-state index in [0.29, 0.717) is 0 Å². The summed E-state index contributed by atoms with van der Waals surface area (Å²) in [5.74, 6) is 0. The summed E-state index contributed by atoms with van der Waals surface area (Å²) in [6.07, 6.45) is 18.0. The van der Waals surface area contributed by atoms with Gasteiger partial charge >= 0.3 is 0 Å². The van der Waals surface area contributed by atoms with Crippen LogP contribution in [0, 0.1) is 13.8 Å². The van der Waals surface area contributed by atoms with Crippen molar-refractivity contribution in [1.29, 1.82) is 0 Å². The van der Waals surface area contributed by atoms with Crippen molar-refractivity contribution in [1.82, 2.24) is 9.13 Å². The lowest BCUT2D eigenvalue weighted by Gasteiger charge is -2.33. The Morgan fingerprint density at radius 3 is 1.23 bits per heavy atom. The second kappa shape index (κ2) is 25.7. The van der Waals surface area contributed by atoms with Crippen LogP contribution >= 0.6 is 0 Å². The van der Waals surface area contributed by atoms with Crippen LogP contribution in [0.5, 0.6) is 0 Å². The highest BCUT2D eigenvalue weighted by Gasteiger charge is 2.43. The largest absolute Gasteiger partial charge is 0.309 e. The molecule has 0 fully saturated rings. The van der Waals surface area contributed by atoms with E-state index in [0.717, 1.165) is 5.69 Å². The zero-order valence-electron chi connectivity index (χ0n) is 55.7. The minimum absolute atomic E-state index is 0.0543. The van der Waals surface area contributed by atoms with Crippen LogP contribution in [0.2, 0.25) is 0 Å². The van der Waals surface area contributed by atoms with E-state index in [1.165, 1.54) is 239 Å². The van der Waals surface area contributed by atoms with E-state index in [1.807, 2.05) is 0 Å². The maximum Gasteiger partial charge on any atom is 0.0541 e. The Kier molecular flexibility index (Phi) is 16.2. The molecule has 0 aliphatic heterocycles. The molecule has 0 atom stereocenters. The first-order chi connectivity index (χ1) is 46.8. The molecule has 2 nitrogen and oxygen atoms in total. The molecule has 0 spiro atoms. The van der Waals surface area contributed by atoms with Gasteiger partial charge in [-0.2, -0.15) is 0 Å². The van der Waals surface area contributed by atoms with Gasteiger partial charge in [-0.3, -0.25) is 0 Å². The molecule has 2 aromatic heterocycles. The van der Waals surface area contributed by atoms with Crippen molar-refractivity contribution < 1.29 is 0 Å². The summed E-state index contributed by atoms with van der Waals surface area (Å²) < 4.78 is 4.85. The average Bonchev–Trinajstić information content (AvgIpc) is 1.61. The molecule has 0 bridgehead atoms. The van der Waals surface area contributed by atoms with Crippen molar-refractivity contribution in [3.63, 3.8) is 0 Å². The summed E-state index contributed by atoms with van der Waals surface area (Å²) in [5, 5.41) is 10.1. The maximum atomic E-state index is 2.64. The predicted molar refractivity (Wildman–Crippen MR) is 409 cm³/mol. The third kappa shape index (κ3) is 11.2. The van der Waals surface area contributed by atoms with Crippen LogP contribution < -0.4 is 0 Å². The zero-order valence-corrected chi connectivity index (χ0v) is 55.7. The minimum Gasteiger partial charge on any atom is -0.309 e. The molecule has 0 saturated carbocycles. The minimum atomic E-state index is -0.0543. The lowest BCUT2D eigenvalue weighted by atomic mass is 9.70. The summed E-state index contributed by atoms with van der Waals surface area (Å²) in [7, 11) is 0. The highest BCUT2D eigenvalue weighted by atomic mass is 15.0. The van der Waals surface area contributed by atoms with Gasteiger partial charge in [0.2, 0.25) is 0 Å². The summed E-state index contributed by atoms with van der Waals surface area (Å²) in [6, 6.07) is 102. The van der Waals surface area contributed by atoms with Gasteiger partial charge in [0.1, 0.15) is 0 Å². The molecule has 0 radical (unpaired) electrons. The summed E-state index contributed by atoms with van der Waals surface area (Å²) in [6.45, 7) is 9.11. The van der Waals surface area contributed by atoms with Gasteiger partial charge in [0.25, 0.3) is 0 Å². The molecule has 0 unspecified atom stereocenters. The molecule has 1 aliphatic rings. The first-order valence-corrected chi connectivity index (χ1v) is 35.5. The van der Waals surface area contributed by atoms with Crippen LogP contribution in [0.15, 0.2) is 267 Å². The van der Waals surface area contributed by atoms with Crippen molar-refractivity contribution in [2.24, 2.45) is 0 Å². The Morgan fingerprint density at radius 2 is 0.663 bits per heavy atom.